The van der Waals surface area contributed by atoms with Gasteiger partial charge in [0.05, 0.1) is 12.8 Å². The van der Waals surface area contributed by atoms with Gasteiger partial charge in [0.15, 0.2) is 0 Å². The molecule has 1 heterocycles. The van der Waals surface area contributed by atoms with E-state index in [1.54, 1.807) is 18.2 Å². The number of piperidine rings is 1. The number of methoxy groups -OCH3 is 1. The molecule has 0 atom stereocenters. The molecule has 0 bridgehead atoms. The molecule has 2 rings (SSSR count). The molecule has 6 nitrogen and oxygen atoms in total. The van der Waals surface area contributed by atoms with Crippen molar-refractivity contribution < 1.29 is 14.3 Å². The fraction of sp³-hybridized carbons (Fsp3) is 0.556. The Labute approximate surface area is 153 Å². The van der Waals surface area contributed by atoms with Gasteiger partial charge in [0.25, 0.3) is 0 Å². The Bertz CT molecular complexity index is 614. The quantitative estimate of drug-likeness (QED) is 0.784. The predicted molar refractivity (Wildman–Crippen MR) is 99.1 cm³/mol. The van der Waals surface area contributed by atoms with Crippen LogP contribution in [0.2, 0.25) is 5.02 Å². The van der Waals surface area contributed by atoms with E-state index in [0.717, 1.165) is 25.9 Å². The highest BCUT2D eigenvalue weighted by molar-refractivity contribution is 6.40. The third kappa shape index (κ3) is 5.61. The van der Waals surface area contributed by atoms with Crippen LogP contribution in [0.15, 0.2) is 18.2 Å². The van der Waals surface area contributed by atoms with Gasteiger partial charge < -0.3 is 20.3 Å². The first kappa shape index (κ1) is 19.5. The number of anilines is 1. The van der Waals surface area contributed by atoms with Gasteiger partial charge in [-0.2, -0.15) is 0 Å². The number of halogens is 1. The van der Waals surface area contributed by atoms with E-state index in [9.17, 15) is 9.59 Å². The molecule has 7 heteroatoms. The van der Waals surface area contributed by atoms with E-state index in [0.29, 0.717) is 35.0 Å². The van der Waals surface area contributed by atoms with Gasteiger partial charge in [-0.15, -0.1) is 0 Å². The molecule has 1 aromatic carbocycles. The van der Waals surface area contributed by atoms with Crippen LogP contribution in [-0.2, 0) is 9.59 Å². The van der Waals surface area contributed by atoms with Gasteiger partial charge in [0.1, 0.15) is 5.75 Å². The summed E-state index contributed by atoms with van der Waals surface area (Å²) in [6.45, 7) is 6.96. The van der Waals surface area contributed by atoms with Crippen LogP contribution in [0.1, 0.15) is 26.7 Å². The van der Waals surface area contributed by atoms with Crippen LogP contribution >= 0.6 is 11.6 Å². The predicted octanol–water partition coefficient (Wildman–Crippen LogP) is 2.52. The number of nitrogens with one attached hydrogen (secondary N) is 2. The SMILES string of the molecule is COc1ccc(Cl)cc1NC(=O)C(=O)NCC1CCN(C(C)C)CC1. The summed E-state index contributed by atoms with van der Waals surface area (Å²) in [6, 6.07) is 5.39. The highest BCUT2D eigenvalue weighted by Crippen LogP contribution is 2.27. The van der Waals surface area contributed by atoms with Gasteiger partial charge in [-0.1, -0.05) is 11.6 Å². The zero-order valence-corrected chi connectivity index (χ0v) is 15.7. The maximum Gasteiger partial charge on any atom is 0.313 e. The zero-order valence-electron chi connectivity index (χ0n) is 15.0. The lowest BCUT2D eigenvalue weighted by Gasteiger charge is -2.34. The average molecular weight is 368 g/mol. The number of hydrogen-bond donors (Lipinski definition) is 2. The minimum absolute atomic E-state index is 0.375. The minimum Gasteiger partial charge on any atom is -0.495 e. The van der Waals surface area contributed by atoms with Gasteiger partial charge in [0.2, 0.25) is 0 Å². The topological polar surface area (TPSA) is 70.7 Å². The molecule has 0 spiro atoms. The normalized spacial score (nSPS) is 15.9. The third-order valence-electron chi connectivity index (χ3n) is 4.55. The molecule has 1 aliphatic heterocycles. The van der Waals surface area contributed by atoms with E-state index >= 15 is 0 Å². The summed E-state index contributed by atoms with van der Waals surface area (Å²) < 4.78 is 5.16. The van der Waals surface area contributed by atoms with Crippen molar-refractivity contribution in [2.24, 2.45) is 5.92 Å². The molecule has 0 unspecified atom stereocenters. The molecule has 2 amide bonds. The molecule has 1 saturated heterocycles. The molecular weight excluding hydrogens is 342 g/mol. The van der Waals surface area contributed by atoms with Crippen LogP contribution < -0.4 is 15.4 Å². The van der Waals surface area contributed by atoms with Crippen LogP contribution in [0.3, 0.4) is 0 Å². The highest BCUT2D eigenvalue weighted by Gasteiger charge is 2.22. The van der Waals surface area contributed by atoms with E-state index in [1.165, 1.54) is 7.11 Å². The zero-order chi connectivity index (χ0) is 18.4. The van der Waals surface area contributed by atoms with E-state index in [2.05, 4.69) is 29.4 Å². The summed E-state index contributed by atoms with van der Waals surface area (Å²) in [6.07, 6.45) is 2.06. The molecule has 0 aliphatic carbocycles. The molecule has 1 fully saturated rings. The van der Waals surface area contributed by atoms with Crippen LogP contribution in [0.25, 0.3) is 0 Å². The van der Waals surface area contributed by atoms with Gasteiger partial charge >= 0.3 is 11.8 Å². The lowest BCUT2D eigenvalue weighted by Crippen LogP contribution is -2.43. The van der Waals surface area contributed by atoms with Crippen LogP contribution in [0, 0.1) is 5.92 Å². The average Bonchev–Trinajstić information content (AvgIpc) is 2.60. The molecule has 0 saturated carbocycles. The highest BCUT2D eigenvalue weighted by atomic mass is 35.5. The lowest BCUT2D eigenvalue weighted by molar-refractivity contribution is -0.136. The van der Waals surface area contributed by atoms with Crippen molar-refractivity contribution >= 4 is 29.1 Å². The Hall–Kier alpha value is -1.79. The summed E-state index contributed by atoms with van der Waals surface area (Å²) in [4.78, 5) is 26.5. The van der Waals surface area contributed by atoms with Crippen molar-refractivity contribution in [2.75, 3.05) is 32.1 Å². The van der Waals surface area contributed by atoms with E-state index in [4.69, 9.17) is 16.3 Å². The Morgan fingerprint density at radius 3 is 2.56 bits per heavy atom. The van der Waals surface area contributed by atoms with Gasteiger partial charge in [-0.3, -0.25) is 9.59 Å². The second-order valence-electron chi connectivity index (χ2n) is 6.58. The van der Waals surface area contributed by atoms with E-state index in [1.807, 2.05) is 0 Å². The maximum atomic E-state index is 12.1. The number of carbonyl (C=O) groups is 2. The van der Waals surface area contributed by atoms with E-state index in [-0.39, 0.29) is 0 Å². The maximum absolute atomic E-state index is 12.1. The number of amides is 2. The number of likely N-dealkylation sites (tertiary alicyclic amines) is 1. The molecule has 1 aromatic rings. The number of benzene rings is 1. The van der Waals surface area contributed by atoms with Crippen molar-refractivity contribution in [3.8, 4) is 5.75 Å². The first-order chi connectivity index (χ1) is 11.9. The molecule has 138 valence electrons. The number of ether oxygens (including phenoxy) is 1. The minimum atomic E-state index is -0.722. The summed E-state index contributed by atoms with van der Waals surface area (Å²) in [5.74, 6) is -0.507. The van der Waals surface area contributed by atoms with Gasteiger partial charge in [-0.05, 0) is 63.9 Å². The number of rotatable bonds is 5. The van der Waals surface area contributed by atoms with Crippen LogP contribution in [0.5, 0.6) is 5.75 Å². The number of hydrogen-bond acceptors (Lipinski definition) is 4. The van der Waals surface area contributed by atoms with Crippen molar-refractivity contribution in [3.63, 3.8) is 0 Å². The summed E-state index contributed by atoms with van der Waals surface area (Å²) in [5.41, 5.74) is 0.375. The summed E-state index contributed by atoms with van der Waals surface area (Å²) in [5, 5.41) is 5.72. The molecule has 2 N–H and O–H groups in total. The number of carbonyl (C=O) groups excluding carboxylic acids is 2. The van der Waals surface area contributed by atoms with Crippen LogP contribution in [0.4, 0.5) is 5.69 Å². The Kier molecular flexibility index (Phi) is 7.08. The molecular formula is C18H26ClN3O3. The van der Waals surface area contributed by atoms with Gasteiger partial charge in [0, 0.05) is 17.6 Å². The summed E-state index contributed by atoms with van der Waals surface area (Å²) >= 11 is 5.92. The monoisotopic (exact) mass is 367 g/mol. The second-order valence-corrected chi connectivity index (χ2v) is 7.02. The fourth-order valence-electron chi connectivity index (χ4n) is 2.95. The van der Waals surface area contributed by atoms with Crippen molar-refractivity contribution in [1.82, 2.24) is 10.2 Å². The lowest BCUT2D eigenvalue weighted by atomic mass is 9.96. The molecule has 1 aliphatic rings. The number of nitrogens with zero attached hydrogens (tertiary/aromatic N) is 1. The Morgan fingerprint density at radius 1 is 1.28 bits per heavy atom. The molecule has 0 aromatic heterocycles. The Balaban J connectivity index is 1.81. The van der Waals surface area contributed by atoms with Gasteiger partial charge in [-0.25, -0.2) is 0 Å². The molecule has 0 radical (unpaired) electrons. The Morgan fingerprint density at radius 2 is 1.96 bits per heavy atom. The van der Waals surface area contributed by atoms with Crippen molar-refractivity contribution in [1.29, 1.82) is 0 Å². The first-order valence-corrected chi connectivity index (χ1v) is 8.95. The smallest absolute Gasteiger partial charge is 0.313 e. The first-order valence-electron chi connectivity index (χ1n) is 8.57. The van der Waals surface area contributed by atoms with Crippen molar-refractivity contribution in [2.45, 2.75) is 32.7 Å². The fourth-order valence-corrected chi connectivity index (χ4v) is 3.12. The standard InChI is InChI=1S/C18H26ClN3O3/c1-12(2)22-8-6-13(7-9-22)11-20-17(23)18(24)21-15-10-14(19)4-5-16(15)25-3/h4-5,10,12-13H,6-9,11H2,1-3H3,(H,20,23)(H,21,24). The summed E-state index contributed by atoms with van der Waals surface area (Å²) in [7, 11) is 1.49. The van der Waals surface area contributed by atoms with E-state index < -0.39 is 11.8 Å². The molecule has 25 heavy (non-hydrogen) atoms. The van der Waals surface area contributed by atoms with Crippen LogP contribution in [-0.4, -0.2) is 49.5 Å². The second kappa shape index (κ2) is 9.06. The third-order valence-corrected chi connectivity index (χ3v) is 4.78. The van der Waals surface area contributed by atoms with Crippen molar-refractivity contribution in [3.05, 3.63) is 23.2 Å². The largest absolute Gasteiger partial charge is 0.495 e.